The van der Waals surface area contributed by atoms with E-state index in [1.54, 1.807) is 23.3 Å². The van der Waals surface area contributed by atoms with Crippen LogP contribution in [0.5, 0.6) is 0 Å². The average molecular weight is 475 g/mol. The van der Waals surface area contributed by atoms with Crippen LogP contribution in [0.15, 0.2) is 70.2 Å². The third kappa shape index (κ3) is 4.73. The number of halogens is 1. The molecule has 1 fully saturated rings. The van der Waals surface area contributed by atoms with Crippen molar-refractivity contribution in [3.05, 3.63) is 82.8 Å². The lowest BCUT2D eigenvalue weighted by Crippen LogP contribution is -2.40. The Morgan fingerprint density at radius 1 is 1.09 bits per heavy atom. The molecule has 9 heteroatoms. The first kappa shape index (κ1) is 22.5. The summed E-state index contributed by atoms with van der Waals surface area (Å²) < 4.78 is 38.3. The van der Waals surface area contributed by atoms with E-state index in [2.05, 4.69) is 0 Å². The van der Waals surface area contributed by atoms with E-state index in [1.807, 2.05) is 31.2 Å². The van der Waals surface area contributed by atoms with Gasteiger partial charge in [0.25, 0.3) is 5.91 Å². The molecule has 2 heterocycles. The van der Waals surface area contributed by atoms with Crippen LogP contribution in [0.25, 0.3) is 0 Å². The van der Waals surface area contributed by atoms with Crippen molar-refractivity contribution in [3.63, 3.8) is 0 Å². The van der Waals surface area contributed by atoms with Gasteiger partial charge >= 0.3 is 0 Å². The lowest BCUT2D eigenvalue weighted by Gasteiger charge is -2.27. The number of carbonyl (C=O) groups excluding carboxylic acids is 1. The second-order valence-corrected chi connectivity index (χ2v) is 9.78. The highest BCUT2D eigenvalue weighted by Crippen LogP contribution is 2.28. The van der Waals surface area contributed by atoms with Crippen LogP contribution in [0.4, 0.5) is 5.69 Å². The van der Waals surface area contributed by atoms with E-state index in [9.17, 15) is 13.2 Å². The molecule has 0 bridgehead atoms. The minimum absolute atomic E-state index is 0.0703. The van der Waals surface area contributed by atoms with Gasteiger partial charge in [-0.1, -0.05) is 29.3 Å². The molecule has 0 radical (unpaired) electrons. The van der Waals surface area contributed by atoms with Gasteiger partial charge in [-0.2, -0.15) is 4.31 Å². The van der Waals surface area contributed by atoms with E-state index in [1.165, 1.54) is 22.5 Å². The first-order valence-corrected chi connectivity index (χ1v) is 12.0. The number of furan rings is 1. The third-order valence-corrected chi connectivity index (χ3v) is 7.63. The molecule has 0 aliphatic carbocycles. The van der Waals surface area contributed by atoms with Crippen molar-refractivity contribution in [3.8, 4) is 0 Å². The molecular formula is C23H23ClN2O5S. The Labute approximate surface area is 192 Å². The van der Waals surface area contributed by atoms with Crippen LogP contribution in [0, 0.1) is 6.92 Å². The van der Waals surface area contributed by atoms with E-state index in [0.717, 1.165) is 5.56 Å². The Bertz CT molecular complexity index is 1190. The number of sulfonamides is 1. The second kappa shape index (κ2) is 9.46. The molecule has 2 aromatic carbocycles. The summed E-state index contributed by atoms with van der Waals surface area (Å²) in [5.41, 5.74) is 1.95. The van der Waals surface area contributed by atoms with Gasteiger partial charge in [-0.05, 0) is 49.4 Å². The lowest BCUT2D eigenvalue weighted by molar-refractivity contribution is 0.0730. The van der Waals surface area contributed by atoms with Crippen molar-refractivity contribution in [2.24, 2.45) is 0 Å². The number of anilines is 1. The van der Waals surface area contributed by atoms with Crippen molar-refractivity contribution in [2.45, 2.75) is 18.4 Å². The Kier molecular flexibility index (Phi) is 6.66. The highest BCUT2D eigenvalue weighted by atomic mass is 35.5. The highest BCUT2D eigenvalue weighted by molar-refractivity contribution is 7.89. The number of rotatable bonds is 6. The topological polar surface area (TPSA) is 80.1 Å². The van der Waals surface area contributed by atoms with E-state index in [0.29, 0.717) is 24.7 Å². The van der Waals surface area contributed by atoms with E-state index in [4.69, 9.17) is 20.8 Å². The molecule has 1 aromatic heterocycles. The van der Waals surface area contributed by atoms with Crippen molar-refractivity contribution in [1.82, 2.24) is 4.31 Å². The monoisotopic (exact) mass is 474 g/mol. The second-order valence-electron chi connectivity index (χ2n) is 7.47. The minimum Gasteiger partial charge on any atom is -0.467 e. The van der Waals surface area contributed by atoms with Crippen LogP contribution in [0.2, 0.25) is 5.02 Å². The van der Waals surface area contributed by atoms with Gasteiger partial charge in [-0.15, -0.1) is 0 Å². The fraction of sp³-hybridized carbons (Fsp3) is 0.261. The quantitative estimate of drug-likeness (QED) is 0.537. The number of ether oxygens (including phenoxy) is 1. The summed E-state index contributed by atoms with van der Waals surface area (Å²) in [5, 5.41) is 0.0703. The van der Waals surface area contributed by atoms with Gasteiger partial charge in [0.05, 0.1) is 31.0 Å². The molecule has 1 saturated heterocycles. The molecular weight excluding hydrogens is 452 g/mol. The first-order chi connectivity index (χ1) is 15.4. The predicted molar refractivity (Wildman–Crippen MR) is 121 cm³/mol. The van der Waals surface area contributed by atoms with Crippen LogP contribution >= 0.6 is 11.6 Å². The third-order valence-electron chi connectivity index (χ3n) is 5.25. The fourth-order valence-electron chi connectivity index (χ4n) is 3.48. The van der Waals surface area contributed by atoms with Crippen LogP contribution in [0.3, 0.4) is 0 Å². The van der Waals surface area contributed by atoms with Crippen LogP contribution in [-0.2, 0) is 21.3 Å². The number of carbonyl (C=O) groups is 1. The van der Waals surface area contributed by atoms with Gasteiger partial charge < -0.3 is 14.1 Å². The van der Waals surface area contributed by atoms with Crippen molar-refractivity contribution in [2.75, 3.05) is 31.2 Å². The molecule has 1 amide bonds. The minimum atomic E-state index is -3.86. The zero-order valence-corrected chi connectivity index (χ0v) is 19.1. The Hall–Kier alpha value is -2.65. The van der Waals surface area contributed by atoms with Gasteiger partial charge in [0.2, 0.25) is 10.0 Å². The summed E-state index contributed by atoms with van der Waals surface area (Å²) in [5.74, 6) is 0.245. The lowest BCUT2D eigenvalue weighted by atomic mass is 10.1. The van der Waals surface area contributed by atoms with Gasteiger partial charge in [0, 0.05) is 24.3 Å². The van der Waals surface area contributed by atoms with Crippen molar-refractivity contribution < 1.29 is 22.4 Å². The normalized spacial score (nSPS) is 14.9. The summed E-state index contributed by atoms with van der Waals surface area (Å²) in [6.07, 6.45) is 1.54. The number of aryl methyl sites for hydroxylation is 1. The first-order valence-electron chi connectivity index (χ1n) is 10.1. The van der Waals surface area contributed by atoms with Gasteiger partial charge in [-0.3, -0.25) is 4.79 Å². The molecule has 0 saturated carbocycles. The molecule has 7 nitrogen and oxygen atoms in total. The molecule has 0 atom stereocenters. The summed E-state index contributed by atoms with van der Waals surface area (Å²) in [6.45, 7) is 3.28. The number of benzene rings is 2. The Morgan fingerprint density at radius 2 is 1.81 bits per heavy atom. The predicted octanol–water partition coefficient (Wildman–Crippen LogP) is 4.11. The van der Waals surface area contributed by atoms with E-state index in [-0.39, 0.29) is 41.0 Å². The zero-order chi connectivity index (χ0) is 22.7. The fourth-order valence-corrected chi connectivity index (χ4v) is 5.39. The molecule has 1 aliphatic rings. The molecule has 4 rings (SSSR count). The zero-order valence-electron chi connectivity index (χ0n) is 17.5. The molecule has 1 aliphatic heterocycles. The standard InChI is InChI=1S/C23H23ClN2O5S/c1-17-4-7-19(8-5-17)26(16-20-3-2-12-31-20)23(27)18-6-9-21(24)22(15-18)32(28,29)25-10-13-30-14-11-25/h2-9,12,15H,10-11,13-14,16H2,1H3. The van der Waals surface area contributed by atoms with Gasteiger partial charge in [-0.25, -0.2) is 8.42 Å². The number of hydrogen-bond donors (Lipinski definition) is 0. The summed E-state index contributed by atoms with van der Waals surface area (Å²) in [4.78, 5) is 15.0. The van der Waals surface area contributed by atoms with E-state index < -0.39 is 10.0 Å². The summed E-state index contributed by atoms with van der Waals surface area (Å²) in [7, 11) is -3.86. The van der Waals surface area contributed by atoms with Crippen LogP contribution < -0.4 is 4.90 Å². The SMILES string of the molecule is Cc1ccc(N(Cc2ccco2)C(=O)c2ccc(Cl)c(S(=O)(=O)N3CCOCC3)c2)cc1. The molecule has 3 aromatic rings. The van der Waals surface area contributed by atoms with Gasteiger partial charge in [0.1, 0.15) is 10.7 Å². The number of morpholine rings is 1. The molecule has 32 heavy (non-hydrogen) atoms. The molecule has 0 N–H and O–H groups in total. The summed E-state index contributed by atoms with van der Waals surface area (Å²) in [6, 6.07) is 15.4. The number of nitrogens with zero attached hydrogens (tertiary/aromatic N) is 2. The Morgan fingerprint density at radius 3 is 2.47 bits per heavy atom. The number of hydrogen-bond acceptors (Lipinski definition) is 5. The largest absolute Gasteiger partial charge is 0.467 e. The van der Waals surface area contributed by atoms with Crippen molar-refractivity contribution >= 4 is 33.2 Å². The number of amides is 1. The maximum absolute atomic E-state index is 13.5. The highest BCUT2D eigenvalue weighted by Gasteiger charge is 2.30. The maximum atomic E-state index is 13.5. The van der Waals surface area contributed by atoms with Gasteiger partial charge in [0.15, 0.2) is 0 Å². The molecule has 168 valence electrons. The Balaban J connectivity index is 1.71. The average Bonchev–Trinajstić information content (AvgIpc) is 3.32. The molecule has 0 unspecified atom stereocenters. The maximum Gasteiger partial charge on any atom is 0.258 e. The summed E-state index contributed by atoms with van der Waals surface area (Å²) >= 11 is 6.26. The van der Waals surface area contributed by atoms with Crippen LogP contribution in [0.1, 0.15) is 21.7 Å². The van der Waals surface area contributed by atoms with Crippen LogP contribution in [-0.4, -0.2) is 44.9 Å². The smallest absolute Gasteiger partial charge is 0.258 e. The van der Waals surface area contributed by atoms with E-state index >= 15 is 0 Å². The molecule has 0 spiro atoms. The van der Waals surface area contributed by atoms with Crippen molar-refractivity contribution in [1.29, 1.82) is 0 Å².